The van der Waals surface area contributed by atoms with E-state index in [2.05, 4.69) is 5.32 Å². The molecule has 0 saturated heterocycles. The van der Waals surface area contributed by atoms with E-state index in [1.54, 1.807) is 36.4 Å². The number of nitrogens with one attached hydrogen (secondary N) is 1. The van der Waals surface area contributed by atoms with E-state index in [4.69, 9.17) is 4.74 Å². The molecule has 120 valence electrons. The number of carbonyl (C=O) groups excluding carboxylic acids is 1. The number of carboxylic acids is 1. The Labute approximate surface area is 133 Å². The van der Waals surface area contributed by atoms with Crippen molar-refractivity contribution in [1.82, 2.24) is 5.32 Å². The highest BCUT2D eigenvalue weighted by atomic mass is 16.5. The second-order valence-electron chi connectivity index (χ2n) is 4.94. The fourth-order valence-corrected chi connectivity index (χ4v) is 2.14. The second kappa shape index (κ2) is 7.31. The summed E-state index contributed by atoms with van der Waals surface area (Å²) >= 11 is 0. The van der Waals surface area contributed by atoms with Gasteiger partial charge in [-0.05, 0) is 29.8 Å². The number of aliphatic carboxylic acids is 1. The van der Waals surface area contributed by atoms with Gasteiger partial charge in [0.15, 0.2) is 0 Å². The van der Waals surface area contributed by atoms with Gasteiger partial charge in [0, 0.05) is 6.42 Å². The number of methoxy groups -OCH3 is 1. The molecule has 6 heteroatoms. The van der Waals surface area contributed by atoms with Crippen molar-refractivity contribution in [3.8, 4) is 11.5 Å². The van der Waals surface area contributed by atoms with Gasteiger partial charge in [-0.1, -0.05) is 24.3 Å². The lowest BCUT2D eigenvalue weighted by Gasteiger charge is -2.16. The highest BCUT2D eigenvalue weighted by Crippen LogP contribution is 2.17. The molecule has 2 aromatic rings. The molecule has 1 amide bonds. The first-order valence-corrected chi connectivity index (χ1v) is 6.96. The van der Waals surface area contributed by atoms with Crippen LogP contribution in [0, 0.1) is 0 Å². The minimum absolute atomic E-state index is 0.0960. The lowest BCUT2D eigenvalue weighted by atomic mass is 10.0. The first-order chi connectivity index (χ1) is 11.0. The maximum Gasteiger partial charge on any atom is 0.326 e. The van der Waals surface area contributed by atoms with Crippen LogP contribution >= 0.6 is 0 Å². The van der Waals surface area contributed by atoms with Gasteiger partial charge in [0.05, 0.1) is 12.7 Å². The van der Waals surface area contributed by atoms with Crippen LogP contribution in [0.3, 0.4) is 0 Å². The second-order valence-corrected chi connectivity index (χ2v) is 4.94. The summed E-state index contributed by atoms with van der Waals surface area (Å²) in [5.74, 6) is -1.19. The lowest BCUT2D eigenvalue weighted by Crippen LogP contribution is -2.42. The topological polar surface area (TPSA) is 95.9 Å². The minimum atomic E-state index is -1.14. The van der Waals surface area contributed by atoms with Crippen molar-refractivity contribution in [3.05, 3.63) is 59.7 Å². The SMILES string of the molecule is COc1ccccc1C(=O)NC(Cc1ccc(O)cc1)C(=O)O. The molecule has 0 aliphatic heterocycles. The van der Waals surface area contributed by atoms with Crippen LogP contribution in [-0.4, -0.2) is 35.2 Å². The molecule has 2 rings (SSSR count). The van der Waals surface area contributed by atoms with Crippen molar-refractivity contribution in [2.75, 3.05) is 7.11 Å². The van der Waals surface area contributed by atoms with Crippen molar-refractivity contribution in [1.29, 1.82) is 0 Å². The largest absolute Gasteiger partial charge is 0.508 e. The highest BCUT2D eigenvalue weighted by molar-refractivity contribution is 5.98. The molecule has 0 radical (unpaired) electrons. The van der Waals surface area contributed by atoms with Gasteiger partial charge in [0.25, 0.3) is 5.91 Å². The van der Waals surface area contributed by atoms with Crippen molar-refractivity contribution < 1.29 is 24.5 Å². The summed E-state index contributed by atoms with van der Waals surface area (Å²) in [5, 5.41) is 21.1. The Morgan fingerprint density at radius 2 is 1.78 bits per heavy atom. The molecule has 3 N–H and O–H groups in total. The van der Waals surface area contributed by atoms with Crippen LogP contribution in [-0.2, 0) is 11.2 Å². The number of aromatic hydroxyl groups is 1. The van der Waals surface area contributed by atoms with Gasteiger partial charge in [-0.3, -0.25) is 4.79 Å². The average molecular weight is 315 g/mol. The van der Waals surface area contributed by atoms with E-state index in [0.29, 0.717) is 11.3 Å². The molecular formula is C17H17NO5. The molecule has 0 aromatic heterocycles. The standard InChI is InChI=1S/C17H17NO5/c1-23-15-5-3-2-4-13(15)16(20)18-14(17(21)22)10-11-6-8-12(19)9-7-11/h2-9,14,19H,10H2,1H3,(H,18,20)(H,21,22). The number of ether oxygens (including phenoxy) is 1. The highest BCUT2D eigenvalue weighted by Gasteiger charge is 2.22. The molecule has 6 nitrogen and oxygen atoms in total. The fraction of sp³-hybridized carbons (Fsp3) is 0.176. The van der Waals surface area contributed by atoms with Gasteiger partial charge in [-0.15, -0.1) is 0 Å². The fourth-order valence-electron chi connectivity index (χ4n) is 2.14. The van der Waals surface area contributed by atoms with E-state index in [1.165, 1.54) is 19.2 Å². The van der Waals surface area contributed by atoms with Crippen LogP contribution in [0.1, 0.15) is 15.9 Å². The molecule has 0 bridgehead atoms. The van der Waals surface area contributed by atoms with Gasteiger partial charge < -0.3 is 20.3 Å². The van der Waals surface area contributed by atoms with E-state index in [0.717, 1.165) is 0 Å². The molecule has 1 atom stereocenters. The summed E-state index contributed by atoms with van der Waals surface area (Å²) in [7, 11) is 1.44. The number of phenolic OH excluding ortho intramolecular Hbond substituents is 1. The van der Waals surface area contributed by atoms with Gasteiger partial charge in [-0.25, -0.2) is 4.79 Å². The predicted octanol–water partition coefficient (Wildman–Crippen LogP) is 1.83. The van der Waals surface area contributed by atoms with Gasteiger partial charge >= 0.3 is 5.97 Å². The summed E-state index contributed by atoms with van der Waals surface area (Å²) in [4.78, 5) is 23.7. The van der Waals surface area contributed by atoms with Crippen LogP contribution in [0.4, 0.5) is 0 Å². The van der Waals surface area contributed by atoms with Crippen molar-refractivity contribution >= 4 is 11.9 Å². The number of carbonyl (C=O) groups is 2. The number of amides is 1. The summed E-state index contributed by atoms with van der Waals surface area (Å²) in [6, 6.07) is 11.7. The van der Waals surface area contributed by atoms with Crippen LogP contribution in [0.25, 0.3) is 0 Å². The number of rotatable bonds is 6. The van der Waals surface area contributed by atoms with Crippen molar-refractivity contribution in [2.45, 2.75) is 12.5 Å². The molecule has 23 heavy (non-hydrogen) atoms. The third-order valence-corrected chi connectivity index (χ3v) is 3.33. The number of benzene rings is 2. The first kappa shape index (κ1) is 16.4. The maximum atomic E-state index is 12.3. The number of hydrogen-bond donors (Lipinski definition) is 3. The zero-order chi connectivity index (χ0) is 16.8. The Bertz CT molecular complexity index is 696. The van der Waals surface area contributed by atoms with Crippen molar-refractivity contribution in [3.63, 3.8) is 0 Å². The third kappa shape index (κ3) is 4.23. The van der Waals surface area contributed by atoms with E-state index in [-0.39, 0.29) is 17.7 Å². The van der Waals surface area contributed by atoms with Crippen LogP contribution < -0.4 is 10.1 Å². The van der Waals surface area contributed by atoms with Crippen LogP contribution in [0.2, 0.25) is 0 Å². The lowest BCUT2D eigenvalue weighted by molar-refractivity contribution is -0.139. The zero-order valence-electron chi connectivity index (χ0n) is 12.5. The Balaban J connectivity index is 2.14. The molecule has 0 spiro atoms. The molecule has 0 fully saturated rings. The molecule has 0 heterocycles. The van der Waals surface area contributed by atoms with Gasteiger partial charge in [0.2, 0.25) is 0 Å². The Morgan fingerprint density at radius 1 is 1.13 bits per heavy atom. The number of phenols is 1. The summed E-state index contributed by atoms with van der Waals surface area (Å²) in [6.45, 7) is 0. The molecule has 0 aliphatic carbocycles. The summed E-state index contributed by atoms with van der Waals surface area (Å²) < 4.78 is 5.10. The smallest absolute Gasteiger partial charge is 0.326 e. The molecule has 1 unspecified atom stereocenters. The first-order valence-electron chi connectivity index (χ1n) is 6.96. The third-order valence-electron chi connectivity index (χ3n) is 3.33. The zero-order valence-corrected chi connectivity index (χ0v) is 12.5. The molecule has 0 aliphatic rings. The van der Waals surface area contributed by atoms with Crippen LogP contribution in [0.5, 0.6) is 11.5 Å². The number of carboxylic acid groups (broad SMARTS) is 1. The Kier molecular flexibility index (Phi) is 5.19. The van der Waals surface area contributed by atoms with E-state index in [1.807, 2.05) is 0 Å². The number of hydrogen-bond acceptors (Lipinski definition) is 4. The average Bonchev–Trinajstić information content (AvgIpc) is 2.55. The van der Waals surface area contributed by atoms with E-state index < -0.39 is 17.9 Å². The van der Waals surface area contributed by atoms with Gasteiger partial charge in [-0.2, -0.15) is 0 Å². The van der Waals surface area contributed by atoms with Gasteiger partial charge in [0.1, 0.15) is 17.5 Å². The quantitative estimate of drug-likeness (QED) is 0.756. The number of para-hydroxylation sites is 1. The summed E-state index contributed by atoms with van der Waals surface area (Å²) in [5.41, 5.74) is 0.961. The van der Waals surface area contributed by atoms with E-state index in [9.17, 15) is 19.8 Å². The Morgan fingerprint density at radius 3 is 2.39 bits per heavy atom. The normalized spacial score (nSPS) is 11.5. The predicted molar refractivity (Wildman–Crippen MR) is 83.7 cm³/mol. The van der Waals surface area contributed by atoms with Crippen LogP contribution in [0.15, 0.2) is 48.5 Å². The summed E-state index contributed by atoms with van der Waals surface area (Å²) in [6.07, 6.45) is 0.108. The maximum absolute atomic E-state index is 12.3. The Hall–Kier alpha value is -3.02. The monoisotopic (exact) mass is 315 g/mol. The molecular weight excluding hydrogens is 298 g/mol. The molecule has 0 saturated carbocycles. The van der Waals surface area contributed by atoms with Crippen molar-refractivity contribution in [2.24, 2.45) is 0 Å². The van der Waals surface area contributed by atoms with E-state index >= 15 is 0 Å². The minimum Gasteiger partial charge on any atom is -0.508 e. The molecule has 2 aromatic carbocycles.